The number of benzene rings is 2. The lowest BCUT2D eigenvalue weighted by Gasteiger charge is -2.23. The molecule has 1 saturated heterocycles. The highest BCUT2D eigenvalue weighted by Crippen LogP contribution is 2.66. The molecule has 2 aromatic rings. The first-order chi connectivity index (χ1) is 13.7. The number of sulfone groups is 2. The number of rotatable bonds is 4. The molecule has 0 aromatic heterocycles. The zero-order valence-electron chi connectivity index (χ0n) is 15.9. The molecule has 0 radical (unpaired) electrons. The first-order valence-corrected chi connectivity index (χ1v) is 12.3. The van der Waals surface area contributed by atoms with E-state index in [1.165, 1.54) is 12.1 Å². The molecular weight excluding hydrogens is 412 g/mol. The fraction of sp³-hybridized carbons (Fsp3) is 0.333. The van der Waals surface area contributed by atoms with Gasteiger partial charge in [0.05, 0.1) is 26.7 Å². The van der Waals surface area contributed by atoms with Crippen LogP contribution in [0, 0.1) is 12.8 Å². The second kappa shape index (κ2) is 5.93. The number of allylic oxidation sites excluding steroid dienone is 1. The van der Waals surface area contributed by atoms with Gasteiger partial charge in [0.15, 0.2) is 9.84 Å². The first-order valence-electron chi connectivity index (χ1n) is 9.34. The third-order valence-electron chi connectivity index (χ3n) is 6.08. The van der Waals surface area contributed by atoms with Gasteiger partial charge in [0, 0.05) is 0 Å². The van der Waals surface area contributed by atoms with Crippen LogP contribution in [0.15, 0.2) is 75.1 Å². The van der Waals surface area contributed by atoms with Crippen molar-refractivity contribution >= 4 is 19.7 Å². The van der Waals surface area contributed by atoms with Crippen molar-refractivity contribution < 1.29 is 26.3 Å². The van der Waals surface area contributed by atoms with Gasteiger partial charge >= 0.3 is 0 Å². The molecule has 6 nitrogen and oxygen atoms in total. The molecule has 2 aliphatic heterocycles. The van der Waals surface area contributed by atoms with Gasteiger partial charge in [-0.1, -0.05) is 35.9 Å². The molecule has 2 aromatic carbocycles. The summed E-state index contributed by atoms with van der Waals surface area (Å²) in [6, 6.07) is 14.6. The van der Waals surface area contributed by atoms with Crippen LogP contribution in [0.25, 0.3) is 0 Å². The molecule has 2 fully saturated rings. The minimum atomic E-state index is -3.93. The molecule has 8 heteroatoms. The Labute approximate surface area is 170 Å². The number of hydrogen-bond donors (Lipinski definition) is 0. The van der Waals surface area contributed by atoms with Gasteiger partial charge in [0.25, 0.3) is 0 Å². The molecule has 3 aliphatic rings. The second-order valence-corrected chi connectivity index (χ2v) is 12.0. The predicted molar refractivity (Wildman–Crippen MR) is 105 cm³/mol. The summed E-state index contributed by atoms with van der Waals surface area (Å²) in [5.41, 5.74) is 0.946. The molecule has 4 atom stereocenters. The van der Waals surface area contributed by atoms with Gasteiger partial charge in [-0.25, -0.2) is 16.8 Å². The highest BCUT2D eigenvalue weighted by molar-refractivity contribution is 7.95. The molecule has 152 valence electrons. The lowest BCUT2D eigenvalue weighted by molar-refractivity contribution is -0.100. The van der Waals surface area contributed by atoms with E-state index in [1.807, 2.05) is 6.92 Å². The van der Waals surface area contributed by atoms with E-state index in [4.69, 9.17) is 9.47 Å². The monoisotopic (exact) mass is 432 g/mol. The normalized spacial score (nSPS) is 30.6. The Morgan fingerprint density at radius 1 is 0.897 bits per heavy atom. The Morgan fingerprint density at radius 2 is 1.55 bits per heavy atom. The molecule has 0 N–H and O–H groups in total. The Bertz CT molecular complexity index is 1230. The van der Waals surface area contributed by atoms with E-state index >= 15 is 0 Å². The van der Waals surface area contributed by atoms with Crippen LogP contribution in [0.4, 0.5) is 0 Å². The second-order valence-electron chi connectivity index (χ2n) is 7.80. The molecule has 1 saturated carbocycles. The fourth-order valence-electron chi connectivity index (χ4n) is 4.55. The van der Waals surface area contributed by atoms with Crippen molar-refractivity contribution in [1.82, 2.24) is 0 Å². The fourth-order valence-corrected chi connectivity index (χ4v) is 8.75. The summed E-state index contributed by atoms with van der Waals surface area (Å²) in [4.78, 5) is 0.311. The van der Waals surface area contributed by atoms with Crippen LogP contribution in [0.1, 0.15) is 18.9 Å². The van der Waals surface area contributed by atoms with Crippen molar-refractivity contribution in [3.05, 3.63) is 70.8 Å². The van der Waals surface area contributed by atoms with E-state index in [1.54, 1.807) is 49.4 Å². The van der Waals surface area contributed by atoms with Gasteiger partial charge in [0.2, 0.25) is 16.1 Å². The zero-order valence-corrected chi connectivity index (χ0v) is 17.5. The number of ether oxygens (including phenoxy) is 2. The van der Waals surface area contributed by atoms with E-state index < -0.39 is 42.7 Å². The van der Waals surface area contributed by atoms with Crippen LogP contribution in [0.3, 0.4) is 0 Å². The lowest BCUT2D eigenvalue weighted by Crippen LogP contribution is -2.37. The van der Waals surface area contributed by atoms with Crippen LogP contribution < -0.4 is 0 Å². The largest absolute Gasteiger partial charge is 0.468 e. The summed E-state index contributed by atoms with van der Waals surface area (Å²) in [6.07, 6.45) is -1.21. The third kappa shape index (κ3) is 2.42. The number of fused-ring (bicyclic) bond motifs is 3. The molecule has 0 unspecified atom stereocenters. The predicted octanol–water partition coefficient (Wildman–Crippen LogP) is 2.99. The Balaban J connectivity index is 1.64. The van der Waals surface area contributed by atoms with E-state index in [-0.39, 0.29) is 26.9 Å². The van der Waals surface area contributed by atoms with Crippen LogP contribution in [0.5, 0.6) is 0 Å². The standard InChI is InChI=1S/C21H20O6S2/c1-13-8-10-16(11-9-13)29(24,25)21-12-17(21)27-20-18(21)19(14(2)26-20)28(22,23)15-6-4-3-5-7-15/h3-11,17-18,20H,12H2,1-2H3/t17-,18+,20+,21-/m1/s1. The van der Waals surface area contributed by atoms with Gasteiger partial charge in [-0.2, -0.15) is 0 Å². The Morgan fingerprint density at radius 3 is 2.21 bits per heavy atom. The number of aryl methyl sites for hydroxylation is 1. The van der Waals surface area contributed by atoms with Gasteiger partial charge in [-0.3, -0.25) is 0 Å². The molecule has 2 heterocycles. The van der Waals surface area contributed by atoms with Crippen molar-refractivity contribution in [3.8, 4) is 0 Å². The number of hydrogen-bond acceptors (Lipinski definition) is 6. The summed E-state index contributed by atoms with van der Waals surface area (Å²) in [6.45, 7) is 3.44. The highest BCUT2D eigenvalue weighted by Gasteiger charge is 2.79. The van der Waals surface area contributed by atoms with E-state index in [0.717, 1.165) is 5.56 Å². The Kier molecular flexibility index (Phi) is 3.85. The molecule has 0 bridgehead atoms. The smallest absolute Gasteiger partial charge is 0.209 e. The lowest BCUT2D eigenvalue weighted by atomic mass is 10.0. The molecule has 5 rings (SSSR count). The Hall–Kier alpha value is -2.16. The molecule has 0 amide bonds. The molecule has 1 aliphatic carbocycles. The van der Waals surface area contributed by atoms with Gasteiger partial charge < -0.3 is 9.47 Å². The maximum Gasteiger partial charge on any atom is 0.209 e. The summed E-state index contributed by atoms with van der Waals surface area (Å²) in [5.74, 6) is -0.684. The van der Waals surface area contributed by atoms with Gasteiger partial charge in [-0.15, -0.1) is 0 Å². The third-order valence-corrected chi connectivity index (χ3v) is 10.7. The molecule has 0 spiro atoms. The van der Waals surface area contributed by atoms with Crippen molar-refractivity contribution in [2.45, 2.75) is 47.2 Å². The summed E-state index contributed by atoms with van der Waals surface area (Å²) >= 11 is 0. The topological polar surface area (TPSA) is 86.7 Å². The van der Waals surface area contributed by atoms with Crippen molar-refractivity contribution in [1.29, 1.82) is 0 Å². The molecular formula is C21H20O6S2. The van der Waals surface area contributed by atoms with E-state index in [2.05, 4.69) is 0 Å². The van der Waals surface area contributed by atoms with E-state index in [0.29, 0.717) is 0 Å². The highest BCUT2D eigenvalue weighted by atomic mass is 32.2. The minimum absolute atomic E-state index is 0.0180. The van der Waals surface area contributed by atoms with Crippen LogP contribution in [0.2, 0.25) is 0 Å². The van der Waals surface area contributed by atoms with Crippen molar-refractivity contribution in [3.63, 3.8) is 0 Å². The van der Waals surface area contributed by atoms with Gasteiger partial charge in [-0.05, 0) is 44.5 Å². The minimum Gasteiger partial charge on any atom is -0.468 e. The summed E-state index contributed by atoms with van der Waals surface area (Å²) in [5, 5.41) is 0. The van der Waals surface area contributed by atoms with Crippen LogP contribution >= 0.6 is 0 Å². The average molecular weight is 433 g/mol. The SMILES string of the molecule is CC1=C(S(=O)(=O)c2ccccc2)[C@H]2[C@@H](O1)O[C@@H]1C[C@@]12S(=O)(=O)c1ccc(C)cc1. The maximum absolute atomic E-state index is 13.6. The maximum atomic E-state index is 13.6. The van der Waals surface area contributed by atoms with Crippen LogP contribution in [-0.4, -0.2) is 34.0 Å². The van der Waals surface area contributed by atoms with Crippen molar-refractivity contribution in [2.75, 3.05) is 0 Å². The quantitative estimate of drug-likeness (QED) is 0.738. The zero-order chi connectivity index (χ0) is 20.6. The molecule has 29 heavy (non-hydrogen) atoms. The van der Waals surface area contributed by atoms with Gasteiger partial charge in [0.1, 0.15) is 10.5 Å². The first kappa shape index (κ1) is 18.8. The van der Waals surface area contributed by atoms with Crippen molar-refractivity contribution in [2.24, 2.45) is 5.92 Å². The van der Waals surface area contributed by atoms with Crippen LogP contribution in [-0.2, 0) is 29.1 Å². The van der Waals surface area contributed by atoms with E-state index in [9.17, 15) is 16.8 Å². The average Bonchev–Trinajstić information content (AvgIpc) is 3.19. The summed E-state index contributed by atoms with van der Waals surface area (Å²) in [7, 11) is -7.76. The summed E-state index contributed by atoms with van der Waals surface area (Å²) < 4.78 is 64.3.